The molecule has 1 aliphatic carbocycles. The van der Waals surface area contributed by atoms with E-state index >= 15 is 0 Å². The molecule has 0 aromatic carbocycles. The van der Waals surface area contributed by atoms with Gasteiger partial charge in [0.15, 0.2) is 0 Å². The van der Waals surface area contributed by atoms with Gasteiger partial charge < -0.3 is 14.5 Å². The number of carbonyl (C=O) groups excluding carboxylic acids is 1. The molecule has 0 unspecified atom stereocenters. The van der Waals surface area contributed by atoms with E-state index in [-0.39, 0.29) is 5.76 Å². The molecule has 2 rings (SSSR count). The van der Waals surface area contributed by atoms with E-state index in [4.69, 9.17) is 9.15 Å². The third-order valence-corrected chi connectivity index (χ3v) is 2.57. The standard InChI is InChI=1S/C12H17NO3/c1-2-15-12(14)11-6-5-10(16-11)8-13-7-9-3-4-9/h5-6,9,13H,2-4,7-8H2,1H3. The lowest BCUT2D eigenvalue weighted by molar-refractivity contribution is 0.0488. The van der Waals surface area contributed by atoms with Gasteiger partial charge in [-0.3, -0.25) is 0 Å². The Morgan fingerprint density at radius 2 is 2.38 bits per heavy atom. The van der Waals surface area contributed by atoms with Gasteiger partial charge in [-0.15, -0.1) is 0 Å². The van der Waals surface area contributed by atoms with Crippen molar-refractivity contribution in [2.45, 2.75) is 26.3 Å². The van der Waals surface area contributed by atoms with Gasteiger partial charge in [0.25, 0.3) is 0 Å². The molecule has 1 aromatic heterocycles. The highest BCUT2D eigenvalue weighted by atomic mass is 16.5. The summed E-state index contributed by atoms with van der Waals surface area (Å²) in [5.74, 6) is 1.52. The van der Waals surface area contributed by atoms with E-state index in [2.05, 4.69) is 5.32 Å². The maximum Gasteiger partial charge on any atom is 0.374 e. The van der Waals surface area contributed by atoms with Crippen molar-refractivity contribution in [2.75, 3.05) is 13.2 Å². The number of hydrogen-bond acceptors (Lipinski definition) is 4. The third-order valence-electron chi connectivity index (χ3n) is 2.57. The summed E-state index contributed by atoms with van der Waals surface area (Å²) in [6.07, 6.45) is 2.67. The summed E-state index contributed by atoms with van der Waals surface area (Å²) in [6, 6.07) is 3.47. The smallest absolute Gasteiger partial charge is 0.374 e. The second kappa shape index (κ2) is 5.16. The van der Waals surface area contributed by atoms with Crippen LogP contribution in [0.1, 0.15) is 36.1 Å². The Morgan fingerprint density at radius 3 is 3.06 bits per heavy atom. The van der Waals surface area contributed by atoms with E-state index in [9.17, 15) is 4.79 Å². The maximum absolute atomic E-state index is 11.3. The van der Waals surface area contributed by atoms with E-state index in [1.807, 2.05) is 6.07 Å². The van der Waals surface area contributed by atoms with Crippen molar-refractivity contribution < 1.29 is 13.9 Å². The minimum absolute atomic E-state index is 0.282. The summed E-state index contributed by atoms with van der Waals surface area (Å²) in [5.41, 5.74) is 0. The largest absolute Gasteiger partial charge is 0.460 e. The van der Waals surface area contributed by atoms with Crippen LogP contribution in [0.4, 0.5) is 0 Å². The van der Waals surface area contributed by atoms with E-state index < -0.39 is 5.97 Å². The molecule has 0 radical (unpaired) electrons. The summed E-state index contributed by atoms with van der Waals surface area (Å²) in [7, 11) is 0. The second-order valence-electron chi connectivity index (χ2n) is 4.06. The van der Waals surface area contributed by atoms with E-state index in [0.29, 0.717) is 13.2 Å². The van der Waals surface area contributed by atoms with Gasteiger partial charge >= 0.3 is 5.97 Å². The molecule has 1 heterocycles. The molecular weight excluding hydrogens is 206 g/mol. The highest BCUT2D eigenvalue weighted by Crippen LogP contribution is 2.27. The molecule has 0 amide bonds. The van der Waals surface area contributed by atoms with Crippen LogP contribution in [0.15, 0.2) is 16.5 Å². The fraction of sp³-hybridized carbons (Fsp3) is 0.583. The van der Waals surface area contributed by atoms with Crippen LogP contribution in [0.3, 0.4) is 0 Å². The summed E-state index contributed by atoms with van der Waals surface area (Å²) >= 11 is 0. The SMILES string of the molecule is CCOC(=O)c1ccc(CNCC2CC2)o1. The Balaban J connectivity index is 1.78. The normalized spacial score (nSPS) is 15.1. The number of esters is 1. The average molecular weight is 223 g/mol. The first-order valence-electron chi connectivity index (χ1n) is 5.76. The van der Waals surface area contributed by atoms with Crippen LogP contribution in [-0.4, -0.2) is 19.1 Å². The minimum atomic E-state index is -0.393. The van der Waals surface area contributed by atoms with Crippen LogP contribution in [0, 0.1) is 5.92 Å². The Labute approximate surface area is 95.0 Å². The predicted molar refractivity (Wildman–Crippen MR) is 59.1 cm³/mol. The zero-order valence-electron chi connectivity index (χ0n) is 9.49. The predicted octanol–water partition coefficient (Wildman–Crippen LogP) is 1.96. The first-order chi connectivity index (χ1) is 7.79. The van der Waals surface area contributed by atoms with E-state index in [1.165, 1.54) is 12.8 Å². The molecule has 0 bridgehead atoms. The van der Waals surface area contributed by atoms with Gasteiger partial charge in [0.1, 0.15) is 5.76 Å². The molecule has 1 N–H and O–H groups in total. The monoisotopic (exact) mass is 223 g/mol. The molecule has 1 fully saturated rings. The number of rotatable bonds is 6. The molecule has 88 valence electrons. The van der Waals surface area contributed by atoms with Crippen molar-refractivity contribution in [1.29, 1.82) is 0 Å². The molecule has 4 heteroatoms. The molecule has 16 heavy (non-hydrogen) atoms. The Morgan fingerprint density at radius 1 is 1.56 bits per heavy atom. The van der Waals surface area contributed by atoms with Gasteiger partial charge in [0, 0.05) is 0 Å². The van der Waals surface area contributed by atoms with Crippen molar-refractivity contribution in [3.8, 4) is 0 Å². The first kappa shape index (κ1) is 11.2. The van der Waals surface area contributed by atoms with Gasteiger partial charge in [0.05, 0.1) is 13.2 Å². The molecular formula is C12H17NO3. The van der Waals surface area contributed by atoms with Gasteiger partial charge in [-0.25, -0.2) is 4.79 Å². The zero-order chi connectivity index (χ0) is 11.4. The van der Waals surface area contributed by atoms with Crippen LogP contribution in [0.5, 0.6) is 0 Å². The molecule has 4 nitrogen and oxygen atoms in total. The lowest BCUT2D eigenvalue weighted by Gasteiger charge is -2.00. The van der Waals surface area contributed by atoms with Gasteiger partial charge in [-0.05, 0) is 44.4 Å². The number of ether oxygens (including phenoxy) is 1. The fourth-order valence-electron chi connectivity index (χ4n) is 1.51. The van der Waals surface area contributed by atoms with Crippen molar-refractivity contribution >= 4 is 5.97 Å². The maximum atomic E-state index is 11.3. The summed E-state index contributed by atoms with van der Waals surface area (Å²) in [4.78, 5) is 11.3. The highest BCUT2D eigenvalue weighted by molar-refractivity contribution is 5.86. The van der Waals surface area contributed by atoms with Crippen molar-refractivity contribution in [3.05, 3.63) is 23.7 Å². The average Bonchev–Trinajstić information content (AvgIpc) is 2.95. The number of nitrogens with one attached hydrogen (secondary N) is 1. The second-order valence-corrected chi connectivity index (χ2v) is 4.06. The van der Waals surface area contributed by atoms with Crippen LogP contribution >= 0.6 is 0 Å². The van der Waals surface area contributed by atoms with Gasteiger partial charge in [0.2, 0.25) is 5.76 Å². The van der Waals surface area contributed by atoms with Crippen molar-refractivity contribution in [1.82, 2.24) is 5.32 Å². The van der Waals surface area contributed by atoms with Crippen LogP contribution < -0.4 is 5.32 Å². The third kappa shape index (κ3) is 3.10. The number of hydrogen-bond donors (Lipinski definition) is 1. The number of furan rings is 1. The van der Waals surface area contributed by atoms with E-state index in [1.54, 1.807) is 13.0 Å². The highest BCUT2D eigenvalue weighted by Gasteiger charge is 2.20. The fourth-order valence-corrected chi connectivity index (χ4v) is 1.51. The van der Waals surface area contributed by atoms with Crippen molar-refractivity contribution in [2.24, 2.45) is 5.92 Å². The minimum Gasteiger partial charge on any atom is -0.460 e. The van der Waals surface area contributed by atoms with E-state index in [0.717, 1.165) is 18.2 Å². The zero-order valence-corrected chi connectivity index (χ0v) is 9.49. The molecule has 0 atom stereocenters. The van der Waals surface area contributed by atoms with Crippen LogP contribution in [0.25, 0.3) is 0 Å². The molecule has 1 aliphatic rings. The Hall–Kier alpha value is -1.29. The molecule has 0 saturated heterocycles. The summed E-state index contributed by atoms with van der Waals surface area (Å²) in [5, 5.41) is 3.30. The van der Waals surface area contributed by atoms with Crippen LogP contribution in [0.2, 0.25) is 0 Å². The van der Waals surface area contributed by atoms with Crippen molar-refractivity contribution in [3.63, 3.8) is 0 Å². The lowest BCUT2D eigenvalue weighted by Crippen LogP contribution is -2.15. The molecule has 0 aliphatic heterocycles. The summed E-state index contributed by atoms with van der Waals surface area (Å²) < 4.78 is 10.2. The van der Waals surface area contributed by atoms with Crippen LogP contribution in [-0.2, 0) is 11.3 Å². The van der Waals surface area contributed by atoms with Gasteiger partial charge in [-0.2, -0.15) is 0 Å². The van der Waals surface area contributed by atoms with Gasteiger partial charge in [-0.1, -0.05) is 0 Å². The summed E-state index contributed by atoms with van der Waals surface area (Å²) in [6.45, 7) is 3.86. The molecule has 0 spiro atoms. The lowest BCUT2D eigenvalue weighted by atomic mass is 10.4. The Bertz CT molecular complexity index is 355. The first-order valence-corrected chi connectivity index (χ1v) is 5.76. The topological polar surface area (TPSA) is 51.5 Å². The quantitative estimate of drug-likeness (QED) is 0.749. The molecule has 1 saturated carbocycles. The Kier molecular flexibility index (Phi) is 3.62. The molecule has 1 aromatic rings. The number of carbonyl (C=O) groups is 1.